The van der Waals surface area contributed by atoms with Crippen molar-refractivity contribution in [2.24, 2.45) is 0 Å². The maximum absolute atomic E-state index is 13.5. The number of benzene rings is 1. The smallest absolute Gasteiger partial charge is 0.139 e. The second-order valence-electron chi connectivity index (χ2n) is 4.08. The van der Waals surface area contributed by atoms with Crippen LogP contribution in [0.3, 0.4) is 0 Å². The third kappa shape index (κ3) is 3.03. The number of halogens is 2. The van der Waals surface area contributed by atoms with Gasteiger partial charge < -0.3 is 10.6 Å². The van der Waals surface area contributed by atoms with Gasteiger partial charge in [-0.05, 0) is 39.9 Å². The van der Waals surface area contributed by atoms with E-state index in [9.17, 15) is 4.39 Å². The van der Waals surface area contributed by atoms with Gasteiger partial charge in [0, 0.05) is 24.5 Å². The molecule has 96 valence electrons. The molecule has 2 nitrogen and oxygen atoms in total. The first-order chi connectivity index (χ1) is 8.58. The number of rotatable bonds is 4. The molecule has 2 N–H and O–H groups in total. The number of thiophene rings is 1. The van der Waals surface area contributed by atoms with E-state index in [1.165, 1.54) is 10.9 Å². The van der Waals surface area contributed by atoms with Crippen LogP contribution in [0.4, 0.5) is 15.8 Å². The standard InChI is InChI=1S/C13H14BrFN2S/c1-17(5-4-9-3-2-6-18-9)13-8-11(15)10(14)7-12(13)16/h2-3,6-8H,4-5,16H2,1H3. The zero-order valence-corrected chi connectivity index (χ0v) is 12.4. The molecule has 0 atom stereocenters. The number of hydrogen-bond acceptors (Lipinski definition) is 3. The molecule has 0 fully saturated rings. The van der Waals surface area contributed by atoms with Gasteiger partial charge in [0.2, 0.25) is 0 Å². The monoisotopic (exact) mass is 328 g/mol. The van der Waals surface area contributed by atoms with E-state index >= 15 is 0 Å². The van der Waals surface area contributed by atoms with Crippen molar-refractivity contribution in [2.75, 3.05) is 24.2 Å². The Hall–Kier alpha value is -1.07. The van der Waals surface area contributed by atoms with E-state index in [1.54, 1.807) is 17.4 Å². The van der Waals surface area contributed by atoms with Gasteiger partial charge in [-0.2, -0.15) is 0 Å². The summed E-state index contributed by atoms with van der Waals surface area (Å²) < 4.78 is 13.9. The topological polar surface area (TPSA) is 29.3 Å². The summed E-state index contributed by atoms with van der Waals surface area (Å²) in [5, 5.41) is 2.06. The maximum atomic E-state index is 13.5. The van der Waals surface area contributed by atoms with Crippen LogP contribution in [0.15, 0.2) is 34.1 Å². The largest absolute Gasteiger partial charge is 0.397 e. The minimum Gasteiger partial charge on any atom is -0.397 e. The molecule has 1 heterocycles. The quantitative estimate of drug-likeness (QED) is 0.862. The second kappa shape index (κ2) is 5.71. The highest BCUT2D eigenvalue weighted by Gasteiger charge is 2.10. The van der Waals surface area contributed by atoms with E-state index in [4.69, 9.17) is 5.73 Å². The average Bonchev–Trinajstić information content (AvgIpc) is 2.84. The molecule has 0 aliphatic carbocycles. The van der Waals surface area contributed by atoms with Gasteiger partial charge in [0.1, 0.15) is 5.82 Å². The molecule has 0 radical (unpaired) electrons. The molecule has 0 spiro atoms. The first-order valence-corrected chi connectivity index (χ1v) is 7.23. The highest BCUT2D eigenvalue weighted by Crippen LogP contribution is 2.29. The lowest BCUT2D eigenvalue weighted by Gasteiger charge is -2.21. The fraction of sp³-hybridized carbons (Fsp3) is 0.231. The third-order valence-corrected chi connectivity index (χ3v) is 4.30. The zero-order chi connectivity index (χ0) is 13.1. The Morgan fingerprint density at radius 1 is 1.44 bits per heavy atom. The fourth-order valence-corrected chi connectivity index (χ4v) is 2.79. The van der Waals surface area contributed by atoms with Crippen LogP contribution >= 0.6 is 27.3 Å². The molecular formula is C13H14BrFN2S. The highest BCUT2D eigenvalue weighted by atomic mass is 79.9. The molecule has 0 amide bonds. The van der Waals surface area contributed by atoms with Gasteiger partial charge in [-0.15, -0.1) is 11.3 Å². The summed E-state index contributed by atoms with van der Waals surface area (Å²) in [6, 6.07) is 7.21. The van der Waals surface area contributed by atoms with Gasteiger partial charge in [-0.1, -0.05) is 6.07 Å². The Kier molecular flexibility index (Phi) is 4.24. The number of nitrogens with two attached hydrogens (primary N) is 1. The van der Waals surface area contributed by atoms with Crippen LogP contribution in [-0.2, 0) is 6.42 Å². The molecule has 0 bridgehead atoms. The van der Waals surface area contributed by atoms with Crippen LogP contribution in [0.25, 0.3) is 0 Å². The number of likely N-dealkylation sites (N-methyl/N-ethyl adjacent to an activating group) is 1. The Labute approximate surface area is 118 Å². The Balaban J connectivity index is 2.09. The van der Waals surface area contributed by atoms with Gasteiger partial charge in [0.25, 0.3) is 0 Å². The van der Waals surface area contributed by atoms with Crippen LogP contribution in [0.2, 0.25) is 0 Å². The molecule has 18 heavy (non-hydrogen) atoms. The molecule has 0 saturated heterocycles. The van der Waals surface area contributed by atoms with Crippen molar-refractivity contribution < 1.29 is 4.39 Å². The molecule has 1 aromatic heterocycles. The summed E-state index contributed by atoms with van der Waals surface area (Å²) in [4.78, 5) is 3.29. The highest BCUT2D eigenvalue weighted by molar-refractivity contribution is 9.10. The van der Waals surface area contributed by atoms with Gasteiger partial charge >= 0.3 is 0 Å². The molecule has 0 aliphatic heterocycles. The lowest BCUT2D eigenvalue weighted by atomic mass is 10.2. The minimum absolute atomic E-state index is 0.290. The van der Waals surface area contributed by atoms with E-state index in [1.807, 2.05) is 18.0 Å². The SMILES string of the molecule is CN(CCc1cccs1)c1cc(F)c(Br)cc1N. The van der Waals surface area contributed by atoms with Crippen LogP contribution in [0.1, 0.15) is 4.88 Å². The van der Waals surface area contributed by atoms with Crippen LogP contribution < -0.4 is 10.6 Å². The summed E-state index contributed by atoms with van der Waals surface area (Å²) >= 11 is 4.86. The predicted octanol–water partition coefficient (Wildman–Crippen LogP) is 3.91. The number of nitrogens with zero attached hydrogens (tertiary/aromatic N) is 1. The Morgan fingerprint density at radius 2 is 2.22 bits per heavy atom. The van der Waals surface area contributed by atoms with Crippen molar-refractivity contribution in [1.82, 2.24) is 0 Å². The zero-order valence-electron chi connectivity index (χ0n) is 9.99. The maximum Gasteiger partial charge on any atom is 0.139 e. The van der Waals surface area contributed by atoms with Crippen molar-refractivity contribution >= 4 is 38.6 Å². The summed E-state index contributed by atoms with van der Waals surface area (Å²) in [5.74, 6) is -0.290. The summed E-state index contributed by atoms with van der Waals surface area (Å²) in [5.41, 5.74) is 7.21. The van der Waals surface area contributed by atoms with Gasteiger partial charge in [-0.25, -0.2) is 4.39 Å². The summed E-state index contributed by atoms with van der Waals surface area (Å²) in [6.07, 6.45) is 0.936. The van der Waals surface area contributed by atoms with E-state index in [-0.39, 0.29) is 5.82 Å². The molecular weight excluding hydrogens is 315 g/mol. The molecule has 0 unspecified atom stereocenters. The first-order valence-electron chi connectivity index (χ1n) is 5.56. The molecule has 5 heteroatoms. The first kappa shape index (κ1) is 13.4. The predicted molar refractivity (Wildman–Crippen MR) is 79.8 cm³/mol. The van der Waals surface area contributed by atoms with Crippen molar-refractivity contribution in [3.8, 4) is 0 Å². The molecule has 0 aliphatic rings. The van der Waals surface area contributed by atoms with E-state index in [0.717, 1.165) is 18.7 Å². The summed E-state index contributed by atoms with van der Waals surface area (Å²) in [6.45, 7) is 0.811. The third-order valence-electron chi connectivity index (χ3n) is 2.75. The Bertz CT molecular complexity index is 528. The molecule has 1 aromatic carbocycles. The van der Waals surface area contributed by atoms with Gasteiger partial charge in [0.05, 0.1) is 15.8 Å². The van der Waals surface area contributed by atoms with Crippen molar-refractivity contribution in [3.63, 3.8) is 0 Å². The van der Waals surface area contributed by atoms with Crippen molar-refractivity contribution in [2.45, 2.75) is 6.42 Å². The number of anilines is 2. The lowest BCUT2D eigenvalue weighted by Crippen LogP contribution is -2.21. The number of nitrogen functional groups attached to an aromatic ring is 1. The average molecular weight is 329 g/mol. The molecule has 0 saturated carbocycles. The number of hydrogen-bond donors (Lipinski definition) is 1. The van der Waals surface area contributed by atoms with Crippen molar-refractivity contribution in [3.05, 3.63) is 44.8 Å². The van der Waals surface area contributed by atoms with Gasteiger partial charge in [0.15, 0.2) is 0 Å². The van der Waals surface area contributed by atoms with E-state index in [2.05, 4.69) is 27.4 Å². The Morgan fingerprint density at radius 3 is 2.89 bits per heavy atom. The fourth-order valence-electron chi connectivity index (χ4n) is 1.74. The lowest BCUT2D eigenvalue weighted by molar-refractivity contribution is 0.620. The second-order valence-corrected chi connectivity index (χ2v) is 5.96. The van der Waals surface area contributed by atoms with Crippen LogP contribution in [0.5, 0.6) is 0 Å². The summed E-state index contributed by atoms with van der Waals surface area (Å²) in [7, 11) is 1.92. The van der Waals surface area contributed by atoms with Crippen LogP contribution in [-0.4, -0.2) is 13.6 Å². The molecule has 2 rings (SSSR count). The minimum atomic E-state index is -0.290. The normalized spacial score (nSPS) is 10.6. The van der Waals surface area contributed by atoms with Crippen LogP contribution in [0, 0.1) is 5.82 Å². The van der Waals surface area contributed by atoms with E-state index < -0.39 is 0 Å². The van der Waals surface area contributed by atoms with Gasteiger partial charge in [-0.3, -0.25) is 0 Å². The van der Waals surface area contributed by atoms with Crippen molar-refractivity contribution in [1.29, 1.82) is 0 Å². The van der Waals surface area contributed by atoms with E-state index in [0.29, 0.717) is 10.2 Å². The molecule has 2 aromatic rings.